The molecule has 0 unspecified atom stereocenters. The maximum atomic E-state index is 8.96. The molecule has 0 saturated heterocycles. The number of ether oxygens (including phenoxy) is 2. The molecule has 4 heteroatoms. The van der Waals surface area contributed by atoms with Gasteiger partial charge in [0.25, 0.3) is 0 Å². The van der Waals surface area contributed by atoms with Crippen LogP contribution >= 0.6 is 15.9 Å². The Morgan fingerprint density at radius 2 is 2.18 bits per heavy atom. The zero-order valence-electron chi connectivity index (χ0n) is 10.3. The van der Waals surface area contributed by atoms with Crippen molar-refractivity contribution in [3.63, 3.8) is 0 Å². The Bertz CT molecular complexity index is 341. The molecule has 0 aliphatic heterocycles. The van der Waals surface area contributed by atoms with E-state index < -0.39 is 0 Å². The molecule has 1 aromatic carbocycles. The zero-order chi connectivity index (χ0) is 12.7. The highest BCUT2D eigenvalue weighted by Gasteiger charge is 2.07. The number of benzene rings is 1. The van der Waals surface area contributed by atoms with Crippen LogP contribution in [0.1, 0.15) is 26.7 Å². The Morgan fingerprint density at radius 1 is 1.41 bits per heavy atom. The fourth-order valence-electron chi connectivity index (χ4n) is 1.25. The van der Waals surface area contributed by atoms with E-state index in [1.54, 1.807) is 0 Å². The third-order valence-corrected chi connectivity index (χ3v) is 2.91. The first-order chi connectivity index (χ1) is 8.17. The summed E-state index contributed by atoms with van der Waals surface area (Å²) in [6.45, 7) is 4.65. The van der Waals surface area contributed by atoms with Gasteiger partial charge in [-0.05, 0) is 41.4 Å². The van der Waals surface area contributed by atoms with E-state index in [1.807, 2.05) is 25.1 Å². The largest absolute Gasteiger partial charge is 0.493 e. The predicted molar refractivity (Wildman–Crippen MR) is 71.7 cm³/mol. The highest BCUT2D eigenvalue weighted by Crippen LogP contribution is 2.30. The molecule has 0 aromatic heterocycles. The molecule has 96 valence electrons. The van der Waals surface area contributed by atoms with Gasteiger partial charge in [0.2, 0.25) is 0 Å². The topological polar surface area (TPSA) is 38.7 Å². The maximum Gasteiger partial charge on any atom is 0.137 e. The van der Waals surface area contributed by atoms with Gasteiger partial charge in [0.05, 0.1) is 17.7 Å². The summed E-state index contributed by atoms with van der Waals surface area (Å²) in [6, 6.07) is 5.63. The molecule has 1 N–H and O–H groups in total. The molecule has 0 aliphatic rings. The molecule has 0 radical (unpaired) electrons. The van der Waals surface area contributed by atoms with Crippen LogP contribution in [0.25, 0.3) is 0 Å². The zero-order valence-corrected chi connectivity index (χ0v) is 11.9. The van der Waals surface area contributed by atoms with E-state index in [1.165, 1.54) is 0 Å². The van der Waals surface area contributed by atoms with Gasteiger partial charge in [-0.25, -0.2) is 0 Å². The third-order valence-electron chi connectivity index (χ3n) is 2.25. The Hall–Kier alpha value is -0.740. The number of unbranched alkanes of at least 4 members (excludes halogenated alkanes) is 1. The summed E-state index contributed by atoms with van der Waals surface area (Å²) in [7, 11) is 0. The van der Waals surface area contributed by atoms with Crippen molar-refractivity contribution in [2.24, 2.45) is 0 Å². The van der Waals surface area contributed by atoms with Crippen LogP contribution in [0.5, 0.6) is 11.5 Å². The number of aliphatic hydroxyl groups excluding tert-OH is 1. The maximum absolute atomic E-state index is 8.96. The van der Waals surface area contributed by atoms with E-state index in [9.17, 15) is 0 Å². The first-order valence-electron chi connectivity index (χ1n) is 5.87. The molecule has 0 spiro atoms. The molecule has 0 fully saturated rings. The van der Waals surface area contributed by atoms with Gasteiger partial charge in [-0.2, -0.15) is 0 Å². The standard InChI is InChI=1S/C13H19BrO3/c1-3-4-7-16-11-5-6-12(14)13(8-11)17-10(2)9-15/h5-6,8,10,15H,3-4,7,9H2,1-2H3/t10-/m1/s1. The van der Waals surface area contributed by atoms with E-state index in [4.69, 9.17) is 14.6 Å². The summed E-state index contributed by atoms with van der Waals surface area (Å²) in [5, 5.41) is 8.96. The van der Waals surface area contributed by atoms with Crippen molar-refractivity contribution < 1.29 is 14.6 Å². The molecule has 0 heterocycles. The number of hydrogen-bond acceptors (Lipinski definition) is 3. The number of rotatable bonds is 7. The first-order valence-corrected chi connectivity index (χ1v) is 6.66. The van der Waals surface area contributed by atoms with E-state index in [-0.39, 0.29) is 12.7 Å². The molecule has 3 nitrogen and oxygen atoms in total. The van der Waals surface area contributed by atoms with Gasteiger partial charge in [-0.15, -0.1) is 0 Å². The van der Waals surface area contributed by atoms with Gasteiger partial charge in [0.15, 0.2) is 0 Å². The molecule has 0 aliphatic carbocycles. The van der Waals surface area contributed by atoms with E-state index in [2.05, 4.69) is 22.9 Å². The minimum absolute atomic E-state index is 0.00659. The summed E-state index contributed by atoms with van der Waals surface area (Å²) in [6.07, 6.45) is 1.93. The second-order valence-electron chi connectivity index (χ2n) is 3.91. The van der Waals surface area contributed by atoms with Gasteiger partial charge in [0, 0.05) is 6.07 Å². The molecule has 0 saturated carbocycles. The average molecular weight is 303 g/mol. The lowest BCUT2D eigenvalue weighted by Gasteiger charge is -2.14. The van der Waals surface area contributed by atoms with Crippen LogP contribution in [0.3, 0.4) is 0 Å². The number of hydrogen-bond donors (Lipinski definition) is 1. The summed E-state index contributed by atoms with van der Waals surface area (Å²) in [4.78, 5) is 0. The smallest absolute Gasteiger partial charge is 0.137 e. The number of aliphatic hydroxyl groups is 1. The van der Waals surface area contributed by atoms with Gasteiger partial charge in [-0.3, -0.25) is 0 Å². The number of halogens is 1. The summed E-state index contributed by atoms with van der Waals surface area (Å²) in [5.74, 6) is 1.49. The highest BCUT2D eigenvalue weighted by atomic mass is 79.9. The molecule has 0 amide bonds. The van der Waals surface area contributed by atoms with Crippen molar-refractivity contribution in [3.05, 3.63) is 22.7 Å². The Labute approximate surface area is 111 Å². The van der Waals surface area contributed by atoms with Crippen molar-refractivity contribution in [1.82, 2.24) is 0 Å². The second-order valence-corrected chi connectivity index (χ2v) is 4.76. The normalized spacial score (nSPS) is 12.2. The first kappa shape index (κ1) is 14.3. The lowest BCUT2D eigenvalue weighted by Crippen LogP contribution is -2.16. The van der Waals surface area contributed by atoms with E-state index in [0.717, 1.165) is 23.1 Å². The molecule has 0 bridgehead atoms. The molecule has 1 aromatic rings. The van der Waals surface area contributed by atoms with Crippen molar-refractivity contribution in [2.75, 3.05) is 13.2 Å². The van der Waals surface area contributed by atoms with Crippen LogP contribution in [0.15, 0.2) is 22.7 Å². The Kier molecular flexibility index (Phi) is 6.37. The van der Waals surface area contributed by atoms with Crippen LogP contribution < -0.4 is 9.47 Å². The summed E-state index contributed by atoms with van der Waals surface area (Å²) >= 11 is 3.41. The Balaban J connectivity index is 2.65. The minimum Gasteiger partial charge on any atom is -0.493 e. The lowest BCUT2D eigenvalue weighted by atomic mass is 10.3. The molecular formula is C13H19BrO3. The van der Waals surface area contributed by atoms with Gasteiger partial charge >= 0.3 is 0 Å². The highest BCUT2D eigenvalue weighted by molar-refractivity contribution is 9.10. The van der Waals surface area contributed by atoms with E-state index in [0.29, 0.717) is 12.4 Å². The van der Waals surface area contributed by atoms with Crippen LogP contribution in [0.4, 0.5) is 0 Å². The second kappa shape index (κ2) is 7.56. The quantitative estimate of drug-likeness (QED) is 0.785. The molecule has 1 rings (SSSR count). The predicted octanol–water partition coefficient (Wildman–Crippen LogP) is 3.39. The Morgan fingerprint density at radius 3 is 2.82 bits per heavy atom. The van der Waals surface area contributed by atoms with Crippen molar-refractivity contribution in [3.8, 4) is 11.5 Å². The lowest BCUT2D eigenvalue weighted by molar-refractivity contribution is 0.128. The van der Waals surface area contributed by atoms with Crippen molar-refractivity contribution in [1.29, 1.82) is 0 Å². The van der Waals surface area contributed by atoms with Gasteiger partial charge in [0.1, 0.15) is 17.6 Å². The van der Waals surface area contributed by atoms with Gasteiger partial charge < -0.3 is 14.6 Å². The summed E-state index contributed by atoms with van der Waals surface area (Å²) < 4.78 is 12.0. The minimum atomic E-state index is -0.225. The average Bonchev–Trinajstić information content (AvgIpc) is 2.33. The fraction of sp³-hybridized carbons (Fsp3) is 0.538. The van der Waals surface area contributed by atoms with E-state index >= 15 is 0 Å². The van der Waals surface area contributed by atoms with Crippen LogP contribution in [-0.4, -0.2) is 24.4 Å². The van der Waals surface area contributed by atoms with Crippen LogP contribution in [-0.2, 0) is 0 Å². The van der Waals surface area contributed by atoms with Gasteiger partial charge in [-0.1, -0.05) is 13.3 Å². The third kappa shape index (κ3) is 4.96. The van der Waals surface area contributed by atoms with Crippen molar-refractivity contribution >= 4 is 15.9 Å². The fourth-order valence-corrected chi connectivity index (χ4v) is 1.59. The SMILES string of the molecule is CCCCOc1ccc(Br)c(O[C@H](C)CO)c1. The molecule has 17 heavy (non-hydrogen) atoms. The van der Waals surface area contributed by atoms with Crippen molar-refractivity contribution in [2.45, 2.75) is 32.8 Å². The van der Waals surface area contributed by atoms with Crippen LogP contribution in [0.2, 0.25) is 0 Å². The monoisotopic (exact) mass is 302 g/mol. The summed E-state index contributed by atoms with van der Waals surface area (Å²) in [5.41, 5.74) is 0. The molecular weight excluding hydrogens is 284 g/mol. The van der Waals surface area contributed by atoms with Crippen LogP contribution in [0, 0.1) is 0 Å². The molecule has 1 atom stereocenters.